The van der Waals surface area contributed by atoms with Crippen LogP contribution in [0.5, 0.6) is 0 Å². The van der Waals surface area contributed by atoms with E-state index in [1.165, 1.54) is 4.90 Å². The van der Waals surface area contributed by atoms with Gasteiger partial charge in [-0.1, -0.05) is 0 Å². The number of nitrogens with one attached hydrogen (secondary N) is 2. The van der Waals surface area contributed by atoms with E-state index in [-0.39, 0.29) is 30.5 Å². The highest BCUT2D eigenvalue weighted by Crippen LogP contribution is 2.24. The van der Waals surface area contributed by atoms with Crippen LogP contribution in [0.4, 0.5) is 0 Å². The molecule has 23 heavy (non-hydrogen) atoms. The van der Waals surface area contributed by atoms with E-state index in [1.54, 1.807) is 14.1 Å². The van der Waals surface area contributed by atoms with Crippen LogP contribution >= 0.6 is 0 Å². The highest BCUT2D eigenvalue weighted by Gasteiger charge is 2.28. The van der Waals surface area contributed by atoms with Crippen LogP contribution in [0, 0.1) is 17.2 Å². The lowest BCUT2D eigenvalue weighted by molar-refractivity contribution is -0.127. The molecule has 7 nitrogen and oxygen atoms in total. The molecule has 7 heteroatoms. The Bertz CT molecular complexity index is 466. The number of ether oxygens (including phenoxy) is 1. The van der Waals surface area contributed by atoms with Crippen LogP contribution in [0.2, 0.25) is 0 Å². The normalized spacial score (nSPS) is 27.5. The average molecular weight is 321 g/mol. The van der Waals surface area contributed by atoms with Crippen molar-refractivity contribution >= 4 is 11.9 Å². The third kappa shape index (κ3) is 5.39. The van der Waals surface area contributed by atoms with E-state index in [4.69, 9.17) is 4.74 Å². The molecule has 1 amide bonds. The standard InChI is InChI=1S/C16H27N5O2/c1-21(2)15(22)11-19-16(18-10-13-6-4-8-23-13)20-14-7-3-5-12(14)9-17/h12-14H,3-8,10-11H2,1-2H3,(H2,18,19,20). The van der Waals surface area contributed by atoms with Gasteiger partial charge in [0.1, 0.15) is 6.54 Å². The van der Waals surface area contributed by atoms with E-state index in [0.717, 1.165) is 38.7 Å². The Balaban J connectivity index is 1.93. The maximum Gasteiger partial charge on any atom is 0.243 e. The molecule has 0 bridgehead atoms. The van der Waals surface area contributed by atoms with Gasteiger partial charge in [-0.15, -0.1) is 0 Å². The Labute approximate surface area is 138 Å². The average Bonchev–Trinajstić information content (AvgIpc) is 3.20. The zero-order valence-electron chi connectivity index (χ0n) is 14.0. The van der Waals surface area contributed by atoms with Gasteiger partial charge in [-0.2, -0.15) is 5.26 Å². The van der Waals surface area contributed by atoms with Gasteiger partial charge in [-0.3, -0.25) is 4.79 Å². The number of nitriles is 1. The molecule has 1 heterocycles. The fourth-order valence-electron chi connectivity index (χ4n) is 2.92. The monoisotopic (exact) mass is 321 g/mol. The van der Waals surface area contributed by atoms with E-state index < -0.39 is 0 Å². The molecule has 2 fully saturated rings. The van der Waals surface area contributed by atoms with E-state index in [0.29, 0.717) is 12.5 Å². The van der Waals surface area contributed by atoms with Gasteiger partial charge in [0, 0.05) is 33.3 Å². The second kappa shape index (κ2) is 8.73. The smallest absolute Gasteiger partial charge is 0.243 e. The molecule has 2 aliphatic rings. The van der Waals surface area contributed by atoms with Crippen molar-refractivity contribution < 1.29 is 9.53 Å². The predicted octanol–water partition coefficient (Wildman–Crippen LogP) is 0.481. The first-order valence-corrected chi connectivity index (χ1v) is 8.36. The van der Waals surface area contributed by atoms with Crippen molar-refractivity contribution in [3.8, 4) is 6.07 Å². The fraction of sp³-hybridized carbons (Fsp3) is 0.812. The Kier molecular flexibility index (Phi) is 6.66. The number of amides is 1. The number of likely N-dealkylation sites (N-methyl/N-ethyl adjacent to an activating group) is 1. The van der Waals surface area contributed by atoms with Gasteiger partial charge in [0.05, 0.1) is 18.1 Å². The zero-order chi connectivity index (χ0) is 16.7. The molecular formula is C16H27N5O2. The Morgan fingerprint density at radius 1 is 1.35 bits per heavy atom. The Morgan fingerprint density at radius 2 is 2.17 bits per heavy atom. The largest absolute Gasteiger partial charge is 0.376 e. The SMILES string of the molecule is CN(C)C(=O)CN=C(NCC1CCCO1)NC1CCCC1C#N. The Hall–Kier alpha value is -1.81. The lowest BCUT2D eigenvalue weighted by Crippen LogP contribution is -2.47. The van der Waals surface area contributed by atoms with E-state index in [2.05, 4.69) is 21.7 Å². The lowest BCUT2D eigenvalue weighted by atomic mass is 10.1. The van der Waals surface area contributed by atoms with Gasteiger partial charge in [-0.25, -0.2) is 4.99 Å². The van der Waals surface area contributed by atoms with Gasteiger partial charge in [0.2, 0.25) is 5.91 Å². The van der Waals surface area contributed by atoms with Crippen LogP contribution in [-0.4, -0.2) is 62.7 Å². The summed E-state index contributed by atoms with van der Waals surface area (Å²) in [4.78, 5) is 17.7. The van der Waals surface area contributed by atoms with Crippen LogP contribution < -0.4 is 10.6 Å². The van der Waals surface area contributed by atoms with E-state index >= 15 is 0 Å². The maximum atomic E-state index is 11.8. The topological polar surface area (TPSA) is 89.8 Å². The summed E-state index contributed by atoms with van der Waals surface area (Å²) in [5.41, 5.74) is 0. The van der Waals surface area contributed by atoms with Gasteiger partial charge in [0.25, 0.3) is 0 Å². The van der Waals surface area contributed by atoms with Crippen LogP contribution in [0.15, 0.2) is 4.99 Å². The first-order chi connectivity index (χ1) is 11.1. The van der Waals surface area contributed by atoms with Crippen LogP contribution in [-0.2, 0) is 9.53 Å². The minimum Gasteiger partial charge on any atom is -0.376 e. The molecule has 0 aromatic rings. The van der Waals surface area contributed by atoms with Crippen molar-refractivity contribution in [1.29, 1.82) is 5.26 Å². The summed E-state index contributed by atoms with van der Waals surface area (Å²) in [5.74, 6) is 0.559. The number of carbonyl (C=O) groups is 1. The molecule has 0 spiro atoms. The molecule has 3 unspecified atom stereocenters. The third-order valence-electron chi connectivity index (χ3n) is 4.40. The molecule has 0 aromatic carbocycles. The summed E-state index contributed by atoms with van der Waals surface area (Å²) >= 11 is 0. The highest BCUT2D eigenvalue weighted by molar-refractivity contribution is 5.85. The number of nitrogens with zero attached hydrogens (tertiary/aromatic N) is 3. The quantitative estimate of drug-likeness (QED) is 0.568. The van der Waals surface area contributed by atoms with Crippen LogP contribution in [0.1, 0.15) is 32.1 Å². The summed E-state index contributed by atoms with van der Waals surface area (Å²) in [6.45, 7) is 1.58. The van der Waals surface area contributed by atoms with Crippen molar-refractivity contribution in [3.63, 3.8) is 0 Å². The number of rotatable bonds is 5. The van der Waals surface area contributed by atoms with Gasteiger partial charge in [-0.05, 0) is 32.1 Å². The molecule has 2 rings (SSSR count). The molecule has 0 aromatic heterocycles. The first-order valence-electron chi connectivity index (χ1n) is 8.36. The third-order valence-corrected chi connectivity index (χ3v) is 4.40. The lowest BCUT2D eigenvalue weighted by Gasteiger charge is -2.21. The summed E-state index contributed by atoms with van der Waals surface area (Å²) < 4.78 is 5.61. The number of aliphatic imine (C=N–C) groups is 1. The van der Waals surface area contributed by atoms with E-state index in [9.17, 15) is 10.1 Å². The highest BCUT2D eigenvalue weighted by atomic mass is 16.5. The Morgan fingerprint density at radius 3 is 2.83 bits per heavy atom. The summed E-state index contributed by atoms with van der Waals surface area (Å²) in [5, 5.41) is 15.8. The second-order valence-electron chi connectivity index (χ2n) is 6.39. The maximum absolute atomic E-state index is 11.8. The molecular weight excluding hydrogens is 294 g/mol. The minimum absolute atomic E-state index is 0.00859. The molecule has 1 saturated heterocycles. The molecule has 1 aliphatic heterocycles. The van der Waals surface area contributed by atoms with Crippen molar-refractivity contribution in [1.82, 2.24) is 15.5 Å². The van der Waals surface area contributed by atoms with Gasteiger partial charge >= 0.3 is 0 Å². The number of guanidine groups is 1. The van der Waals surface area contributed by atoms with Crippen molar-refractivity contribution in [3.05, 3.63) is 0 Å². The van der Waals surface area contributed by atoms with Crippen LogP contribution in [0.25, 0.3) is 0 Å². The van der Waals surface area contributed by atoms with Crippen molar-refractivity contribution in [2.75, 3.05) is 33.8 Å². The van der Waals surface area contributed by atoms with Crippen molar-refractivity contribution in [2.24, 2.45) is 10.9 Å². The molecule has 128 valence electrons. The molecule has 3 atom stereocenters. The molecule has 1 aliphatic carbocycles. The second-order valence-corrected chi connectivity index (χ2v) is 6.39. The zero-order valence-corrected chi connectivity index (χ0v) is 14.0. The molecule has 0 radical (unpaired) electrons. The number of hydrogen-bond donors (Lipinski definition) is 2. The first kappa shape index (κ1) is 17.5. The summed E-state index contributed by atoms with van der Waals surface area (Å²) in [6, 6.07) is 2.46. The van der Waals surface area contributed by atoms with E-state index in [1.807, 2.05) is 0 Å². The predicted molar refractivity (Wildman–Crippen MR) is 87.9 cm³/mol. The van der Waals surface area contributed by atoms with Crippen molar-refractivity contribution in [2.45, 2.75) is 44.2 Å². The van der Waals surface area contributed by atoms with Gasteiger partial charge in [0.15, 0.2) is 5.96 Å². The van der Waals surface area contributed by atoms with Crippen LogP contribution in [0.3, 0.4) is 0 Å². The molecule has 2 N–H and O–H groups in total. The fourth-order valence-corrected chi connectivity index (χ4v) is 2.92. The summed E-state index contributed by atoms with van der Waals surface area (Å²) in [6.07, 6.45) is 5.25. The minimum atomic E-state index is -0.0496. The molecule has 1 saturated carbocycles. The number of carbonyl (C=O) groups excluding carboxylic acids is 1. The number of hydrogen-bond acceptors (Lipinski definition) is 4. The summed E-state index contributed by atoms with van der Waals surface area (Å²) in [7, 11) is 3.43. The van der Waals surface area contributed by atoms with Gasteiger partial charge < -0.3 is 20.3 Å².